The number of anilines is 1. The smallest absolute Gasteiger partial charge is 0.339 e. The van der Waals surface area contributed by atoms with Gasteiger partial charge in [0, 0.05) is 18.0 Å². The van der Waals surface area contributed by atoms with Crippen LogP contribution in [0.3, 0.4) is 0 Å². The molecule has 3 rings (SSSR count). The molecular weight excluding hydrogens is 332 g/mol. The number of benzene rings is 2. The Balaban J connectivity index is 1.82. The molecule has 0 aliphatic rings. The summed E-state index contributed by atoms with van der Waals surface area (Å²) in [6.45, 7) is 0.552. The van der Waals surface area contributed by atoms with Crippen molar-refractivity contribution in [1.29, 1.82) is 0 Å². The number of fused-ring (bicyclic) bond motifs is 1. The summed E-state index contributed by atoms with van der Waals surface area (Å²) < 4.78 is 10.4. The van der Waals surface area contributed by atoms with Crippen molar-refractivity contribution in [2.75, 3.05) is 26.1 Å². The second-order valence-corrected chi connectivity index (χ2v) is 5.78. The molecular formula is C20H20N2O4. The highest BCUT2D eigenvalue weighted by Gasteiger charge is 2.13. The van der Waals surface area contributed by atoms with E-state index in [4.69, 9.17) is 9.47 Å². The molecule has 0 atom stereocenters. The van der Waals surface area contributed by atoms with E-state index in [9.17, 15) is 9.90 Å². The van der Waals surface area contributed by atoms with E-state index in [-0.39, 0.29) is 5.56 Å². The van der Waals surface area contributed by atoms with Crippen LogP contribution >= 0.6 is 0 Å². The Hall–Kier alpha value is -3.28. The summed E-state index contributed by atoms with van der Waals surface area (Å²) >= 11 is 0. The van der Waals surface area contributed by atoms with Gasteiger partial charge in [0.15, 0.2) is 0 Å². The first-order chi connectivity index (χ1) is 12.6. The van der Waals surface area contributed by atoms with Crippen LogP contribution in [-0.2, 0) is 6.42 Å². The normalized spacial score (nSPS) is 10.5. The lowest BCUT2D eigenvalue weighted by molar-refractivity contribution is 0.0697. The van der Waals surface area contributed by atoms with Crippen LogP contribution < -0.4 is 14.8 Å². The average Bonchev–Trinajstić information content (AvgIpc) is 2.67. The van der Waals surface area contributed by atoms with Gasteiger partial charge in [-0.1, -0.05) is 12.1 Å². The Morgan fingerprint density at radius 1 is 1.08 bits per heavy atom. The van der Waals surface area contributed by atoms with E-state index in [0.29, 0.717) is 30.0 Å². The summed E-state index contributed by atoms with van der Waals surface area (Å²) in [5.41, 5.74) is 1.92. The number of rotatable bonds is 7. The maximum Gasteiger partial charge on any atom is 0.339 e. The molecule has 0 bridgehead atoms. The number of carboxylic acids is 1. The van der Waals surface area contributed by atoms with Gasteiger partial charge >= 0.3 is 5.97 Å². The van der Waals surface area contributed by atoms with Crippen molar-refractivity contribution in [3.63, 3.8) is 0 Å². The summed E-state index contributed by atoms with van der Waals surface area (Å²) in [7, 11) is 3.21. The van der Waals surface area contributed by atoms with Crippen LogP contribution in [0.4, 0.5) is 5.82 Å². The topological polar surface area (TPSA) is 80.7 Å². The number of ether oxygens (including phenoxy) is 2. The average molecular weight is 352 g/mol. The molecule has 0 radical (unpaired) electrons. The van der Waals surface area contributed by atoms with Crippen molar-refractivity contribution in [1.82, 2.24) is 4.98 Å². The monoisotopic (exact) mass is 352 g/mol. The van der Waals surface area contributed by atoms with Crippen molar-refractivity contribution >= 4 is 22.7 Å². The predicted octanol–water partition coefficient (Wildman–Crippen LogP) is 3.60. The fourth-order valence-corrected chi connectivity index (χ4v) is 2.72. The van der Waals surface area contributed by atoms with Crippen molar-refractivity contribution < 1.29 is 19.4 Å². The molecule has 134 valence electrons. The summed E-state index contributed by atoms with van der Waals surface area (Å²) in [5, 5.41) is 13.4. The molecule has 6 heteroatoms. The van der Waals surface area contributed by atoms with Gasteiger partial charge in [0.1, 0.15) is 22.9 Å². The summed E-state index contributed by atoms with van der Waals surface area (Å²) in [6.07, 6.45) is 0.716. The van der Waals surface area contributed by atoms with E-state index >= 15 is 0 Å². The number of hydrogen-bond acceptors (Lipinski definition) is 5. The predicted molar refractivity (Wildman–Crippen MR) is 100 cm³/mol. The van der Waals surface area contributed by atoms with Gasteiger partial charge in [-0.25, -0.2) is 9.78 Å². The maximum atomic E-state index is 11.6. The van der Waals surface area contributed by atoms with Gasteiger partial charge in [-0.3, -0.25) is 0 Å². The van der Waals surface area contributed by atoms with Crippen LogP contribution in [0.25, 0.3) is 10.9 Å². The number of aromatic nitrogens is 1. The Morgan fingerprint density at radius 3 is 2.58 bits per heavy atom. The second kappa shape index (κ2) is 7.74. The van der Waals surface area contributed by atoms with E-state index in [2.05, 4.69) is 10.3 Å². The van der Waals surface area contributed by atoms with E-state index in [1.54, 1.807) is 38.5 Å². The van der Waals surface area contributed by atoms with Crippen molar-refractivity contribution in [3.8, 4) is 11.5 Å². The Labute approximate surface area is 151 Å². The van der Waals surface area contributed by atoms with Gasteiger partial charge in [-0.2, -0.15) is 0 Å². The number of carbonyl (C=O) groups is 1. The van der Waals surface area contributed by atoms with Crippen molar-refractivity contribution in [3.05, 3.63) is 59.7 Å². The molecule has 6 nitrogen and oxygen atoms in total. The number of methoxy groups -OCH3 is 2. The molecule has 0 aliphatic heterocycles. The molecule has 0 saturated heterocycles. The molecule has 2 aromatic carbocycles. The van der Waals surface area contributed by atoms with Gasteiger partial charge in [-0.05, 0) is 42.3 Å². The van der Waals surface area contributed by atoms with Crippen LogP contribution in [0.1, 0.15) is 15.9 Å². The zero-order valence-electron chi connectivity index (χ0n) is 14.7. The van der Waals surface area contributed by atoms with Crippen LogP contribution in [0.2, 0.25) is 0 Å². The third kappa shape index (κ3) is 3.85. The first-order valence-corrected chi connectivity index (χ1v) is 8.19. The maximum absolute atomic E-state index is 11.6. The van der Waals surface area contributed by atoms with Crippen molar-refractivity contribution in [2.45, 2.75) is 6.42 Å². The van der Waals surface area contributed by atoms with Crippen molar-refractivity contribution in [2.24, 2.45) is 0 Å². The molecule has 0 fully saturated rings. The molecule has 0 amide bonds. The fraction of sp³-hybridized carbons (Fsp3) is 0.200. The van der Waals surface area contributed by atoms with Gasteiger partial charge in [0.2, 0.25) is 0 Å². The highest BCUT2D eigenvalue weighted by molar-refractivity contribution is 5.98. The minimum Gasteiger partial charge on any atom is -0.497 e. The molecule has 26 heavy (non-hydrogen) atoms. The van der Waals surface area contributed by atoms with Crippen LogP contribution in [0.5, 0.6) is 11.5 Å². The van der Waals surface area contributed by atoms with Gasteiger partial charge in [0.05, 0.1) is 19.7 Å². The van der Waals surface area contributed by atoms with Crippen LogP contribution in [0.15, 0.2) is 48.5 Å². The lowest BCUT2D eigenvalue weighted by atomic mass is 10.1. The number of aromatic carboxylic acids is 1. The highest BCUT2D eigenvalue weighted by atomic mass is 16.5. The zero-order valence-corrected chi connectivity index (χ0v) is 14.7. The molecule has 1 aromatic heterocycles. The third-order valence-electron chi connectivity index (χ3n) is 4.10. The van der Waals surface area contributed by atoms with Gasteiger partial charge in [-0.15, -0.1) is 0 Å². The number of carboxylic acid groups (broad SMARTS) is 1. The zero-order chi connectivity index (χ0) is 18.5. The number of pyridine rings is 1. The first-order valence-electron chi connectivity index (χ1n) is 8.19. The Morgan fingerprint density at radius 2 is 1.85 bits per heavy atom. The molecule has 0 unspecified atom stereocenters. The number of hydrogen-bond donors (Lipinski definition) is 2. The van der Waals surface area contributed by atoms with E-state index in [0.717, 1.165) is 16.7 Å². The van der Waals surface area contributed by atoms with Crippen LogP contribution in [-0.4, -0.2) is 36.8 Å². The minimum atomic E-state index is -1.01. The lowest BCUT2D eigenvalue weighted by Gasteiger charge is -2.11. The standard InChI is InChI=1S/C20H20N2O4/c1-25-15-5-3-4-13(10-15)8-9-21-19-17(20(23)24)11-14-6-7-16(26-2)12-18(14)22-19/h3-7,10-12H,8-9H2,1-2H3,(H,21,22)(H,23,24). The molecule has 0 aliphatic carbocycles. The third-order valence-corrected chi connectivity index (χ3v) is 4.10. The lowest BCUT2D eigenvalue weighted by Crippen LogP contribution is -2.11. The van der Waals surface area contributed by atoms with Crippen LogP contribution in [0, 0.1) is 0 Å². The Kier molecular flexibility index (Phi) is 5.22. The highest BCUT2D eigenvalue weighted by Crippen LogP contribution is 2.24. The quantitative estimate of drug-likeness (QED) is 0.676. The Bertz CT molecular complexity index is 940. The molecule has 1 heterocycles. The van der Waals surface area contributed by atoms with Gasteiger partial charge < -0.3 is 19.9 Å². The fourth-order valence-electron chi connectivity index (χ4n) is 2.72. The summed E-state index contributed by atoms with van der Waals surface area (Å²) in [5.74, 6) is 0.806. The summed E-state index contributed by atoms with van der Waals surface area (Å²) in [6, 6.07) is 14.8. The number of nitrogens with one attached hydrogen (secondary N) is 1. The van der Waals surface area contributed by atoms with E-state index in [1.807, 2.05) is 24.3 Å². The van der Waals surface area contributed by atoms with Gasteiger partial charge in [0.25, 0.3) is 0 Å². The molecule has 0 spiro atoms. The van der Waals surface area contributed by atoms with E-state index < -0.39 is 5.97 Å². The second-order valence-electron chi connectivity index (χ2n) is 5.78. The SMILES string of the molecule is COc1cccc(CCNc2nc3cc(OC)ccc3cc2C(=O)O)c1. The largest absolute Gasteiger partial charge is 0.497 e. The molecule has 3 aromatic rings. The number of nitrogens with zero attached hydrogens (tertiary/aromatic N) is 1. The molecule has 0 saturated carbocycles. The minimum absolute atomic E-state index is 0.147. The van der Waals surface area contributed by atoms with E-state index in [1.165, 1.54) is 0 Å². The first kappa shape index (κ1) is 17.5. The molecule has 2 N–H and O–H groups in total. The summed E-state index contributed by atoms with van der Waals surface area (Å²) in [4.78, 5) is 16.1.